The van der Waals surface area contributed by atoms with Gasteiger partial charge in [0.15, 0.2) is 0 Å². The maximum absolute atomic E-state index is 9.55. The highest BCUT2D eigenvalue weighted by molar-refractivity contribution is 5.89. The number of aliphatic carboxylic acids is 2. The molecule has 1 aromatic carbocycles. The van der Waals surface area contributed by atoms with Crippen molar-refractivity contribution in [2.45, 2.75) is 18.8 Å². The Morgan fingerprint density at radius 3 is 2.21 bits per heavy atom. The number of carboxylic acid groups (broad SMARTS) is 2. The Bertz CT molecular complexity index is 787. The van der Waals surface area contributed by atoms with Crippen molar-refractivity contribution in [1.82, 2.24) is 9.97 Å². The van der Waals surface area contributed by atoms with Crippen molar-refractivity contribution >= 4 is 23.7 Å². The summed E-state index contributed by atoms with van der Waals surface area (Å²) in [5.41, 5.74) is 1.46. The molecule has 1 saturated heterocycles. The quantitative estimate of drug-likeness (QED) is 0.674. The van der Waals surface area contributed by atoms with Crippen LogP contribution >= 0.6 is 0 Å². The van der Waals surface area contributed by atoms with E-state index in [-0.39, 0.29) is 0 Å². The summed E-state index contributed by atoms with van der Waals surface area (Å²) >= 11 is 0. The fourth-order valence-corrected chi connectivity index (χ4v) is 2.92. The molecule has 8 heteroatoms. The first-order valence-electron chi connectivity index (χ1n) is 8.94. The molecule has 1 aliphatic heterocycles. The summed E-state index contributed by atoms with van der Waals surface area (Å²) in [6, 6.07) is 12.7. The monoisotopic (exact) mass is 384 g/mol. The molecular formula is C20H24N4O4. The van der Waals surface area contributed by atoms with Crippen LogP contribution in [-0.4, -0.2) is 52.3 Å². The van der Waals surface area contributed by atoms with E-state index in [1.54, 1.807) is 0 Å². The van der Waals surface area contributed by atoms with Crippen LogP contribution in [0, 0.1) is 0 Å². The smallest absolute Gasteiger partial charge is 0.328 e. The maximum atomic E-state index is 9.55. The van der Waals surface area contributed by atoms with E-state index in [1.807, 2.05) is 19.3 Å². The minimum Gasteiger partial charge on any atom is -0.478 e. The first kappa shape index (κ1) is 20.9. The van der Waals surface area contributed by atoms with Crippen LogP contribution in [0.3, 0.4) is 0 Å². The molecule has 1 aromatic heterocycles. The summed E-state index contributed by atoms with van der Waals surface area (Å²) < 4.78 is 0. The van der Waals surface area contributed by atoms with Crippen molar-refractivity contribution < 1.29 is 19.8 Å². The minimum atomic E-state index is -1.26. The van der Waals surface area contributed by atoms with Crippen molar-refractivity contribution in [3.05, 3.63) is 60.3 Å². The molecule has 0 bridgehead atoms. The van der Waals surface area contributed by atoms with Gasteiger partial charge in [-0.3, -0.25) is 0 Å². The molecule has 0 aliphatic carbocycles. The number of anilines is 2. The fraction of sp³-hybridized carbons (Fsp3) is 0.300. The predicted molar refractivity (Wildman–Crippen MR) is 107 cm³/mol. The third-order valence-electron chi connectivity index (χ3n) is 4.32. The number of hydrogen-bond acceptors (Lipinski definition) is 6. The van der Waals surface area contributed by atoms with Crippen molar-refractivity contribution in [2.24, 2.45) is 0 Å². The van der Waals surface area contributed by atoms with E-state index < -0.39 is 11.9 Å². The Kier molecular flexibility index (Phi) is 7.95. The lowest BCUT2D eigenvalue weighted by Gasteiger charge is -2.32. The second kappa shape index (κ2) is 10.7. The standard InChI is InChI=1S/C16H20N4.C4H4O4/c1-17-15-7-10-18-16(19-15)20-11-8-14(9-12-20)13-5-3-2-4-6-13;5-3(6)1-2-4(7)8/h2-7,10,14H,8-9,11-12H2,1H3,(H,17,18,19);1-2H,(H,5,6)(H,7,8)/b;2-1-. The number of nitrogens with one attached hydrogen (secondary N) is 1. The molecule has 8 nitrogen and oxygen atoms in total. The van der Waals surface area contributed by atoms with Gasteiger partial charge in [-0.2, -0.15) is 4.98 Å². The number of piperidine rings is 1. The zero-order valence-corrected chi connectivity index (χ0v) is 15.7. The number of hydrogen-bond donors (Lipinski definition) is 3. The van der Waals surface area contributed by atoms with E-state index in [0.29, 0.717) is 18.1 Å². The summed E-state index contributed by atoms with van der Waals surface area (Å²) in [6.07, 6.45) is 5.26. The first-order chi connectivity index (χ1) is 13.5. The van der Waals surface area contributed by atoms with Gasteiger partial charge in [0.25, 0.3) is 0 Å². The number of benzene rings is 1. The summed E-state index contributed by atoms with van der Waals surface area (Å²) in [7, 11) is 1.88. The third-order valence-corrected chi connectivity index (χ3v) is 4.32. The molecule has 1 fully saturated rings. The van der Waals surface area contributed by atoms with Gasteiger partial charge in [0.2, 0.25) is 5.95 Å². The van der Waals surface area contributed by atoms with E-state index in [2.05, 4.69) is 50.5 Å². The molecule has 0 saturated carbocycles. The van der Waals surface area contributed by atoms with Crippen molar-refractivity contribution in [2.75, 3.05) is 30.4 Å². The van der Waals surface area contributed by atoms with Crippen LogP contribution < -0.4 is 10.2 Å². The predicted octanol–water partition coefficient (Wildman–Crippen LogP) is 2.61. The van der Waals surface area contributed by atoms with E-state index in [4.69, 9.17) is 10.2 Å². The Morgan fingerprint density at radius 2 is 1.68 bits per heavy atom. The number of rotatable bonds is 5. The van der Waals surface area contributed by atoms with Crippen LogP contribution in [0.5, 0.6) is 0 Å². The van der Waals surface area contributed by atoms with Gasteiger partial charge in [0.05, 0.1) is 0 Å². The Labute approximate surface area is 163 Å². The normalized spacial score (nSPS) is 14.2. The molecule has 1 aliphatic rings. The van der Waals surface area contributed by atoms with E-state index in [0.717, 1.165) is 37.7 Å². The summed E-state index contributed by atoms with van der Waals surface area (Å²) in [4.78, 5) is 30.3. The average molecular weight is 384 g/mol. The van der Waals surface area contributed by atoms with Crippen molar-refractivity contribution in [3.63, 3.8) is 0 Å². The molecule has 2 heterocycles. The van der Waals surface area contributed by atoms with Gasteiger partial charge < -0.3 is 20.4 Å². The third kappa shape index (κ3) is 6.71. The summed E-state index contributed by atoms with van der Waals surface area (Å²) in [5, 5.41) is 18.7. The Hall–Kier alpha value is -3.42. The summed E-state index contributed by atoms with van der Waals surface area (Å²) in [5.74, 6) is -0.136. The Balaban J connectivity index is 0.000000300. The molecule has 28 heavy (non-hydrogen) atoms. The number of carboxylic acids is 2. The van der Waals surface area contributed by atoms with E-state index in [9.17, 15) is 9.59 Å². The maximum Gasteiger partial charge on any atom is 0.328 e. The first-order valence-corrected chi connectivity index (χ1v) is 8.94. The van der Waals surface area contributed by atoms with E-state index in [1.165, 1.54) is 5.56 Å². The molecule has 3 N–H and O–H groups in total. The average Bonchev–Trinajstić information content (AvgIpc) is 2.73. The molecule has 0 atom stereocenters. The lowest BCUT2D eigenvalue weighted by Crippen LogP contribution is -2.34. The topological polar surface area (TPSA) is 116 Å². The lowest BCUT2D eigenvalue weighted by atomic mass is 9.90. The van der Waals surface area contributed by atoms with Crippen LogP contribution in [0.2, 0.25) is 0 Å². The van der Waals surface area contributed by atoms with Gasteiger partial charge in [-0.05, 0) is 30.4 Å². The fourth-order valence-electron chi connectivity index (χ4n) is 2.92. The second-order valence-corrected chi connectivity index (χ2v) is 6.17. The van der Waals surface area contributed by atoms with E-state index >= 15 is 0 Å². The molecule has 148 valence electrons. The number of aromatic nitrogens is 2. The highest BCUT2D eigenvalue weighted by atomic mass is 16.4. The van der Waals surface area contributed by atoms with Gasteiger partial charge in [-0.15, -0.1) is 0 Å². The van der Waals surface area contributed by atoms with Gasteiger partial charge in [-0.1, -0.05) is 30.3 Å². The minimum absolute atomic E-state index is 0.558. The number of nitrogens with zero attached hydrogens (tertiary/aromatic N) is 3. The summed E-state index contributed by atoms with van der Waals surface area (Å²) in [6.45, 7) is 2.04. The van der Waals surface area contributed by atoms with Gasteiger partial charge >= 0.3 is 11.9 Å². The van der Waals surface area contributed by atoms with Crippen LogP contribution in [0.4, 0.5) is 11.8 Å². The largest absolute Gasteiger partial charge is 0.478 e. The Morgan fingerprint density at radius 1 is 1.07 bits per heavy atom. The zero-order valence-electron chi connectivity index (χ0n) is 15.7. The van der Waals surface area contributed by atoms with Gasteiger partial charge in [-0.25, -0.2) is 14.6 Å². The van der Waals surface area contributed by atoms with Crippen molar-refractivity contribution in [3.8, 4) is 0 Å². The second-order valence-electron chi connectivity index (χ2n) is 6.17. The lowest BCUT2D eigenvalue weighted by molar-refractivity contribution is -0.134. The molecule has 0 spiro atoms. The highest BCUT2D eigenvalue weighted by Crippen LogP contribution is 2.29. The molecule has 0 amide bonds. The van der Waals surface area contributed by atoms with Crippen molar-refractivity contribution in [1.29, 1.82) is 0 Å². The number of carbonyl (C=O) groups is 2. The van der Waals surface area contributed by atoms with Crippen LogP contribution in [0.15, 0.2) is 54.7 Å². The van der Waals surface area contributed by atoms with Crippen LogP contribution in [-0.2, 0) is 9.59 Å². The molecule has 0 radical (unpaired) electrons. The zero-order chi connectivity index (χ0) is 20.4. The van der Waals surface area contributed by atoms with Crippen LogP contribution in [0.1, 0.15) is 24.3 Å². The molecular weight excluding hydrogens is 360 g/mol. The van der Waals surface area contributed by atoms with Crippen LogP contribution in [0.25, 0.3) is 0 Å². The van der Waals surface area contributed by atoms with Gasteiger partial charge in [0.1, 0.15) is 5.82 Å². The molecule has 2 aromatic rings. The molecule has 0 unspecified atom stereocenters. The van der Waals surface area contributed by atoms with Gasteiger partial charge in [0, 0.05) is 38.5 Å². The SMILES string of the molecule is CNc1ccnc(N2CCC(c3ccccc3)CC2)n1.O=C(O)/C=C\C(=O)O. The highest BCUT2D eigenvalue weighted by Gasteiger charge is 2.22. The molecule has 3 rings (SSSR count).